The third-order valence-electron chi connectivity index (χ3n) is 4.58. The first-order chi connectivity index (χ1) is 13.9. The maximum Gasteiger partial charge on any atom is 0.329 e. The van der Waals surface area contributed by atoms with Crippen molar-refractivity contribution in [2.45, 2.75) is 6.42 Å². The molecule has 0 saturated carbocycles. The number of ether oxygens (including phenoxy) is 1. The van der Waals surface area contributed by atoms with Crippen LogP contribution >= 0.6 is 11.6 Å². The Kier molecular flexibility index (Phi) is 6.23. The smallest absolute Gasteiger partial charge is 0.329 e. The van der Waals surface area contributed by atoms with E-state index in [0.29, 0.717) is 27.7 Å². The molecule has 4 N–H and O–H groups in total. The molecular formula is C20H21ClN4O4. The first-order valence-electron chi connectivity index (χ1n) is 8.94. The van der Waals surface area contributed by atoms with Gasteiger partial charge in [0.1, 0.15) is 12.3 Å². The van der Waals surface area contributed by atoms with Gasteiger partial charge in [-0.25, -0.2) is 4.79 Å². The highest BCUT2D eigenvalue weighted by atomic mass is 35.5. The zero-order valence-corrected chi connectivity index (χ0v) is 16.5. The van der Waals surface area contributed by atoms with Crippen molar-refractivity contribution in [2.24, 2.45) is 5.92 Å². The molecule has 29 heavy (non-hydrogen) atoms. The second-order valence-corrected chi connectivity index (χ2v) is 7.07. The van der Waals surface area contributed by atoms with E-state index in [0.717, 1.165) is 4.90 Å². The Morgan fingerprint density at radius 3 is 2.69 bits per heavy atom. The minimum absolute atomic E-state index is 0.110. The SMILES string of the molecule is COc1ccc(Cl)cc1CC1CNC(=O)CN(C(=O)Nc2ccc(N)cc2)C1=O. The molecule has 3 rings (SSSR count). The Labute approximate surface area is 173 Å². The van der Waals surface area contributed by atoms with Gasteiger partial charge in [0.05, 0.1) is 13.0 Å². The largest absolute Gasteiger partial charge is 0.496 e. The maximum atomic E-state index is 13.0. The van der Waals surface area contributed by atoms with E-state index in [9.17, 15) is 14.4 Å². The number of benzene rings is 2. The molecule has 1 atom stereocenters. The number of hydrogen-bond acceptors (Lipinski definition) is 5. The van der Waals surface area contributed by atoms with Gasteiger partial charge in [-0.1, -0.05) is 11.6 Å². The van der Waals surface area contributed by atoms with Gasteiger partial charge in [0.25, 0.3) is 0 Å². The highest BCUT2D eigenvalue weighted by Gasteiger charge is 2.34. The summed E-state index contributed by atoms with van der Waals surface area (Å²) < 4.78 is 5.33. The zero-order chi connectivity index (χ0) is 21.0. The summed E-state index contributed by atoms with van der Waals surface area (Å²) in [4.78, 5) is 38.7. The zero-order valence-electron chi connectivity index (χ0n) is 15.8. The van der Waals surface area contributed by atoms with Crippen LogP contribution in [0.2, 0.25) is 5.02 Å². The highest BCUT2D eigenvalue weighted by Crippen LogP contribution is 2.26. The van der Waals surface area contributed by atoms with Crippen molar-refractivity contribution in [2.75, 3.05) is 31.2 Å². The van der Waals surface area contributed by atoms with E-state index < -0.39 is 23.8 Å². The summed E-state index contributed by atoms with van der Waals surface area (Å²) in [5, 5.41) is 5.80. The number of carbonyl (C=O) groups is 3. The van der Waals surface area contributed by atoms with Gasteiger partial charge in [-0.2, -0.15) is 0 Å². The molecule has 0 bridgehead atoms. The van der Waals surface area contributed by atoms with Crippen molar-refractivity contribution in [3.63, 3.8) is 0 Å². The first-order valence-corrected chi connectivity index (χ1v) is 9.32. The van der Waals surface area contributed by atoms with Crippen LogP contribution in [0.25, 0.3) is 0 Å². The Hall–Kier alpha value is -3.26. The third kappa shape index (κ3) is 4.97. The predicted octanol–water partition coefficient (Wildman–Crippen LogP) is 2.28. The van der Waals surface area contributed by atoms with Gasteiger partial charge in [0.2, 0.25) is 11.8 Å². The Balaban J connectivity index is 1.80. The number of carbonyl (C=O) groups excluding carboxylic acids is 3. The van der Waals surface area contributed by atoms with Crippen LogP contribution in [0.4, 0.5) is 16.2 Å². The van der Waals surface area contributed by atoms with Crippen LogP contribution < -0.4 is 21.1 Å². The first kappa shape index (κ1) is 20.5. The minimum atomic E-state index is -0.681. The third-order valence-corrected chi connectivity index (χ3v) is 4.81. The minimum Gasteiger partial charge on any atom is -0.496 e. The van der Waals surface area contributed by atoms with Gasteiger partial charge in [0, 0.05) is 22.9 Å². The number of halogens is 1. The lowest BCUT2D eigenvalue weighted by atomic mass is 9.97. The molecule has 1 unspecified atom stereocenters. The molecule has 1 fully saturated rings. The summed E-state index contributed by atoms with van der Waals surface area (Å²) in [7, 11) is 1.52. The van der Waals surface area contributed by atoms with Crippen molar-refractivity contribution >= 4 is 40.8 Å². The summed E-state index contributed by atoms with van der Waals surface area (Å²) >= 11 is 6.07. The van der Waals surface area contributed by atoms with E-state index in [4.69, 9.17) is 22.1 Å². The van der Waals surface area contributed by atoms with Gasteiger partial charge in [-0.05, 0) is 54.4 Å². The van der Waals surface area contributed by atoms with Gasteiger partial charge < -0.3 is 21.1 Å². The lowest BCUT2D eigenvalue weighted by Crippen LogP contribution is -2.44. The maximum absolute atomic E-state index is 13.0. The molecule has 1 aliphatic heterocycles. The monoisotopic (exact) mass is 416 g/mol. The fourth-order valence-corrected chi connectivity index (χ4v) is 3.28. The van der Waals surface area contributed by atoms with Crippen molar-refractivity contribution in [3.05, 3.63) is 53.1 Å². The molecule has 8 nitrogen and oxygen atoms in total. The fourth-order valence-electron chi connectivity index (χ4n) is 3.08. The number of anilines is 2. The lowest BCUT2D eigenvalue weighted by Gasteiger charge is -2.22. The molecule has 4 amide bonds. The van der Waals surface area contributed by atoms with Crippen LogP contribution in [0, 0.1) is 5.92 Å². The molecule has 1 aliphatic rings. The van der Waals surface area contributed by atoms with Crippen LogP contribution in [0.3, 0.4) is 0 Å². The standard InChI is InChI=1S/C20H21ClN4O4/c1-29-17-7-2-14(21)9-12(17)8-13-10-23-18(26)11-25(19(13)27)20(28)24-16-5-3-15(22)4-6-16/h2-7,9,13H,8,10-11,22H2,1H3,(H,23,26)(H,24,28). The molecule has 0 radical (unpaired) electrons. The molecule has 2 aromatic rings. The van der Waals surface area contributed by atoms with Gasteiger partial charge >= 0.3 is 6.03 Å². The van der Waals surface area contributed by atoms with Crippen LogP contribution in [-0.4, -0.2) is 42.9 Å². The van der Waals surface area contributed by atoms with E-state index in [1.54, 1.807) is 42.5 Å². The second kappa shape index (κ2) is 8.83. The number of nitrogens with two attached hydrogens (primary N) is 1. The van der Waals surface area contributed by atoms with E-state index >= 15 is 0 Å². The van der Waals surface area contributed by atoms with E-state index in [1.807, 2.05) is 0 Å². The molecule has 2 aromatic carbocycles. The van der Waals surface area contributed by atoms with Crippen molar-refractivity contribution in [1.82, 2.24) is 10.2 Å². The van der Waals surface area contributed by atoms with Crippen molar-refractivity contribution in [1.29, 1.82) is 0 Å². The summed E-state index contributed by atoms with van der Waals surface area (Å²) in [5.74, 6) is -0.939. The van der Waals surface area contributed by atoms with Crippen LogP contribution in [0.5, 0.6) is 5.75 Å². The molecule has 0 aliphatic carbocycles. The fraction of sp³-hybridized carbons (Fsp3) is 0.250. The molecule has 0 spiro atoms. The van der Waals surface area contributed by atoms with Gasteiger partial charge in [0.15, 0.2) is 0 Å². The van der Waals surface area contributed by atoms with E-state index in [2.05, 4.69) is 10.6 Å². The van der Waals surface area contributed by atoms with E-state index in [1.165, 1.54) is 7.11 Å². The number of amides is 4. The number of imide groups is 1. The number of methoxy groups -OCH3 is 1. The Morgan fingerprint density at radius 2 is 2.00 bits per heavy atom. The molecule has 0 aromatic heterocycles. The van der Waals surface area contributed by atoms with Crippen molar-refractivity contribution < 1.29 is 19.1 Å². The van der Waals surface area contributed by atoms with Crippen LogP contribution in [-0.2, 0) is 16.0 Å². The summed E-state index contributed by atoms with van der Waals surface area (Å²) in [6.45, 7) is -0.248. The summed E-state index contributed by atoms with van der Waals surface area (Å²) in [6.07, 6.45) is 0.258. The number of nitrogens with zero attached hydrogens (tertiary/aromatic N) is 1. The number of nitrogen functional groups attached to an aromatic ring is 1. The molecule has 1 saturated heterocycles. The van der Waals surface area contributed by atoms with Crippen molar-refractivity contribution in [3.8, 4) is 5.75 Å². The quantitative estimate of drug-likeness (QED) is 0.661. The Bertz CT molecular complexity index is 933. The van der Waals surface area contributed by atoms with Gasteiger partial charge in [-0.3, -0.25) is 14.5 Å². The second-order valence-electron chi connectivity index (χ2n) is 6.64. The molecule has 1 heterocycles. The average molecular weight is 417 g/mol. The number of hydrogen-bond donors (Lipinski definition) is 3. The number of urea groups is 1. The van der Waals surface area contributed by atoms with Gasteiger partial charge in [-0.15, -0.1) is 0 Å². The van der Waals surface area contributed by atoms with E-state index in [-0.39, 0.29) is 19.5 Å². The highest BCUT2D eigenvalue weighted by molar-refractivity contribution is 6.30. The molecular weight excluding hydrogens is 396 g/mol. The number of rotatable bonds is 4. The lowest BCUT2D eigenvalue weighted by molar-refractivity contribution is -0.133. The molecule has 152 valence electrons. The average Bonchev–Trinajstić information content (AvgIpc) is 2.83. The van der Waals surface area contributed by atoms with Crippen LogP contribution in [0.1, 0.15) is 5.56 Å². The normalized spacial score (nSPS) is 16.8. The summed E-state index contributed by atoms with van der Waals surface area (Å²) in [5.41, 5.74) is 7.37. The Morgan fingerprint density at radius 1 is 1.28 bits per heavy atom. The predicted molar refractivity (Wildman–Crippen MR) is 110 cm³/mol. The molecule has 9 heteroatoms. The number of nitrogens with one attached hydrogen (secondary N) is 2. The van der Waals surface area contributed by atoms with Crippen LogP contribution in [0.15, 0.2) is 42.5 Å². The topological polar surface area (TPSA) is 114 Å². The summed E-state index contributed by atoms with van der Waals surface area (Å²) in [6, 6.07) is 10.9.